The summed E-state index contributed by atoms with van der Waals surface area (Å²) in [6, 6.07) is 4.65. The molecule has 0 unspecified atom stereocenters. The molecule has 1 amide bonds. The van der Waals surface area contributed by atoms with Crippen LogP contribution in [0.15, 0.2) is 30.7 Å². The van der Waals surface area contributed by atoms with Gasteiger partial charge in [0.1, 0.15) is 34.8 Å². The number of carbonyl (C=O) groups is 1. The number of unbranched alkanes of at least 4 members (excludes halogenated alkanes) is 1. The number of nitrogens with one attached hydrogen (secondary N) is 1. The second-order valence-electron chi connectivity index (χ2n) is 8.11. The normalized spacial score (nSPS) is 17.4. The molecule has 1 aliphatic heterocycles. The SMILES string of the molecule is CCCCc1nc(-c2nc(N)c3c(n2)NC(=O)[C@@]3(C)c2ccc(Cl)c(O)c2)cn2ncnc12. The molecule has 168 valence electrons. The lowest BCUT2D eigenvalue weighted by Gasteiger charge is -2.23. The highest BCUT2D eigenvalue weighted by Crippen LogP contribution is 2.46. The van der Waals surface area contributed by atoms with E-state index in [9.17, 15) is 9.90 Å². The van der Waals surface area contributed by atoms with Gasteiger partial charge in [-0.1, -0.05) is 31.0 Å². The molecule has 3 aromatic heterocycles. The first-order chi connectivity index (χ1) is 15.8. The molecule has 4 N–H and O–H groups in total. The molecule has 0 fully saturated rings. The molecule has 0 spiro atoms. The summed E-state index contributed by atoms with van der Waals surface area (Å²) in [5.41, 5.74) is 8.08. The van der Waals surface area contributed by atoms with Crippen molar-refractivity contribution < 1.29 is 9.90 Å². The van der Waals surface area contributed by atoms with Crippen LogP contribution >= 0.6 is 11.6 Å². The van der Waals surface area contributed by atoms with Gasteiger partial charge >= 0.3 is 0 Å². The van der Waals surface area contributed by atoms with E-state index in [1.54, 1.807) is 23.7 Å². The number of phenols is 1. The number of hydrogen-bond donors (Lipinski definition) is 3. The molecule has 0 aliphatic carbocycles. The molecule has 4 heterocycles. The Hall–Kier alpha value is -3.79. The van der Waals surface area contributed by atoms with Gasteiger partial charge in [-0.3, -0.25) is 4.79 Å². The van der Waals surface area contributed by atoms with Crippen LogP contribution in [0.25, 0.3) is 17.2 Å². The van der Waals surface area contributed by atoms with E-state index in [-0.39, 0.29) is 28.3 Å². The number of nitrogen functional groups attached to an aromatic ring is 1. The number of aromatic nitrogens is 6. The Kier molecular flexibility index (Phi) is 4.89. The molecule has 0 bridgehead atoms. The van der Waals surface area contributed by atoms with Crippen molar-refractivity contribution in [1.29, 1.82) is 0 Å². The van der Waals surface area contributed by atoms with Gasteiger partial charge in [-0.05, 0) is 37.5 Å². The van der Waals surface area contributed by atoms with E-state index in [0.717, 1.165) is 25.0 Å². The third kappa shape index (κ3) is 3.25. The predicted octanol–water partition coefficient (Wildman–Crippen LogP) is 3.12. The van der Waals surface area contributed by atoms with E-state index < -0.39 is 5.41 Å². The van der Waals surface area contributed by atoms with E-state index in [1.807, 2.05) is 0 Å². The van der Waals surface area contributed by atoms with E-state index in [0.29, 0.717) is 28.3 Å². The van der Waals surface area contributed by atoms with Crippen LogP contribution in [0.5, 0.6) is 5.75 Å². The fraction of sp³-hybridized carbons (Fsp3) is 0.273. The molecule has 0 saturated carbocycles. The number of aromatic hydroxyl groups is 1. The van der Waals surface area contributed by atoms with Crippen molar-refractivity contribution in [2.24, 2.45) is 0 Å². The van der Waals surface area contributed by atoms with Gasteiger partial charge < -0.3 is 16.2 Å². The summed E-state index contributed by atoms with van der Waals surface area (Å²) in [6.07, 6.45) is 5.86. The van der Waals surface area contributed by atoms with E-state index in [1.165, 1.54) is 18.5 Å². The number of amides is 1. The zero-order valence-corrected chi connectivity index (χ0v) is 18.8. The summed E-state index contributed by atoms with van der Waals surface area (Å²) in [6.45, 7) is 3.81. The molecule has 0 radical (unpaired) electrons. The van der Waals surface area contributed by atoms with Gasteiger partial charge in [-0.15, -0.1) is 0 Å². The molecule has 0 saturated heterocycles. The number of nitrogens with two attached hydrogens (primary N) is 1. The van der Waals surface area contributed by atoms with Crippen molar-refractivity contribution >= 4 is 34.8 Å². The fourth-order valence-corrected chi connectivity index (χ4v) is 4.25. The average molecular weight is 465 g/mol. The number of halogens is 1. The monoisotopic (exact) mass is 464 g/mol. The summed E-state index contributed by atoms with van der Waals surface area (Å²) in [4.78, 5) is 31.1. The van der Waals surface area contributed by atoms with Crippen LogP contribution in [0.2, 0.25) is 5.02 Å². The quantitative estimate of drug-likeness (QED) is 0.408. The van der Waals surface area contributed by atoms with Gasteiger partial charge in [0.25, 0.3) is 0 Å². The predicted molar refractivity (Wildman–Crippen MR) is 123 cm³/mol. The second-order valence-corrected chi connectivity index (χ2v) is 8.51. The Morgan fingerprint density at radius 1 is 1.27 bits per heavy atom. The van der Waals surface area contributed by atoms with Crippen LogP contribution in [0.4, 0.5) is 11.6 Å². The Labute approximate surface area is 193 Å². The first-order valence-electron chi connectivity index (χ1n) is 10.5. The van der Waals surface area contributed by atoms with Crippen molar-refractivity contribution in [3.63, 3.8) is 0 Å². The maximum Gasteiger partial charge on any atom is 0.240 e. The summed E-state index contributed by atoms with van der Waals surface area (Å²) in [7, 11) is 0. The number of fused-ring (bicyclic) bond motifs is 2. The summed E-state index contributed by atoms with van der Waals surface area (Å²) < 4.78 is 1.64. The van der Waals surface area contributed by atoms with Crippen molar-refractivity contribution in [2.45, 2.75) is 38.5 Å². The molecule has 10 nitrogen and oxygen atoms in total. The van der Waals surface area contributed by atoms with Gasteiger partial charge in [0.15, 0.2) is 11.5 Å². The summed E-state index contributed by atoms with van der Waals surface area (Å²) in [5.74, 6) is 0.249. The summed E-state index contributed by atoms with van der Waals surface area (Å²) >= 11 is 5.95. The van der Waals surface area contributed by atoms with Crippen LogP contribution in [-0.2, 0) is 16.6 Å². The van der Waals surface area contributed by atoms with Crippen LogP contribution in [0.3, 0.4) is 0 Å². The highest BCUT2D eigenvalue weighted by atomic mass is 35.5. The smallest absolute Gasteiger partial charge is 0.240 e. The van der Waals surface area contributed by atoms with Gasteiger partial charge in [0, 0.05) is 0 Å². The topological polar surface area (TPSA) is 144 Å². The number of aryl methyl sites for hydroxylation is 1. The van der Waals surface area contributed by atoms with Gasteiger partial charge in [-0.2, -0.15) is 5.10 Å². The highest BCUT2D eigenvalue weighted by Gasteiger charge is 2.47. The molecule has 1 aliphatic rings. The van der Waals surface area contributed by atoms with Crippen molar-refractivity contribution in [2.75, 3.05) is 11.1 Å². The lowest BCUT2D eigenvalue weighted by atomic mass is 9.77. The lowest BCUT2D eigenvalue weighted by Crippen LogP contribution is -2.32. The van der Waals surface area contributed by atoms with E-state index >= 15 is 0 Å². The summed E-state index contributed by atoms with van der Waals surface area (Å²) in [5, 5.41) is 17.3. The molecule has 4 aromatic rings. The maximum atomic E-state index is 13.1. The number of benzene rings is 1. The largest absolute Gasteiger partial charge is 0.506 e. The molecule has 11 heteroatoms. The van der Waals surface area contributed by atoms with Crippen LogP contribution in [0.1, 0.15) is 43.5 Å². The number of hydrogen-bond acceptors (Lipinski definition) is 8. The Morgan fingerprint density at radius 2 is 2.09 bits per heavy atom. The Morgan fingerprint density at radius 3 is 2.85 bits per heavy atom. The second kappa shape index (κ2) is 7.66. The minimum Gasteiger partial charge on any atom is -0.506 e. The minimum atomic E-state index is -1.20. The van der Waals surface area contributed by atoms with Crippen LogP contribution < -0.4 is 11.1 Å². The number of phenolic OH excluding ortho intramolecular Hbond substituents is 1. The molecule has 5 rings (SSSR count). The molecule has 1 atom stereocenters. The number of anilines is 2. The van der Waals surface area contributed by atoms with Crippen molar-refractivity contribution in [3.8, 4) is 17.3 Å². The first-order valence-corrected chi connectivity index (χ1v) is 10.9. The molecule has 1 aromatic carbocycles. The highest BCUT2D eigenvalue weighted by molar-refractivity contribution is 6.32. The third-order valence-electron chi connectivity index (χ3n) is 5.97. The van der Waals surface area contributed by atoms with Crippen LogP contribution in [0, 0.1) is 0 Å². The van der Waals surface area contributed by atoms with E-state index in [4.69, 9.17) is 22.3 Å². The van der Waals surface area contributed by atoms with Gasteiger partial charge in [-0.25, -0.2) is 24.5 Å². The zero-order chi connectivity index (χ0) is 23.3. The molecular formula is C22H21ClN8O2. The Balaban J connectivity index is 1.64. The Bertz CT molecular complexity index is 1420. The van der Waals surface area contributed by atoms with Crippen molar-refractivity contribution in [3.05, 3.63) is 52.6 Å². The van der Waals surface area contributed by atoms with Gasteiger partial charge in [0.05, 0.1) is 22.5 Å². The minimum absolute atomic E-state index is 0.127. The molecular weight excluding hydrogens is 444 g/mol. The third-order valence-corrected chi connectivity index (χ3v) is 6.29. The number of rotatable bonds is 5. The van der Waals surface area contributed by atoms with Crippen LogP contribution in [-0.4, -0.2) is 40.6 Å². The van der Waals surface area contributed by atoms with Gasteiger partial charge in [0.2, 0.25) is 5.91 Å². The first kappa shape index (κ1) is 21.1. The fourth-order valence-electron chi connectivity index (χ4n) is 4.13. The number of nitrogens with zero attached hydrogens (tertiary/aromatic N) is 6. The molecule has 33 heavy (non-hydrogen) atoms. The standard InChI is InChI=1S/C22H21ClN8O2/c1-3-4-5-13-20-25-10-26-31(20)9-14(27-13)18-28-17(24)16-19(29-18)30-21(33)22(16,2)11-6-7-12(23)15(32)8-11/h6-10,32H,3-5H2,1-2H3,(H3,24,28,29,30,33)/t22-/m0/s1. The average Bonchev–Trinajstić information content (AvgIpc) is 3.37. The van der Waals surface area contributed by atoms with Crippen molar-refractivity contribution in [1.82, 2.24) is 29.5 Å². The lowest BCUT2D eigenvalue weighted by molar-refractivity contribution is -0.119. The number of carbonyl (C=O) groups excluding carboxylic acids is 1. The maximum absolute atomic E-state index is 13.1. The zero-order valence-electron chi connectivity index (χ0n) is 18.0. The van der Waals surface area contributed by atoms with E-state index in [2.05, 4.69) is 32.3 Å².